The van der Waals surface area contributed by atoms with E-state index in [1.54, 1.807) is 0 Å². The highest BCUT2D eigenvalue weighted by Crippen LogP contribution is 2.41. The Morgan fingerprint density at radius 2 is 1.74 bits per heavy atom. The van der Waals surface area contributed by atoms with E-state index in [0.29, 0.717) is 12.1 Å². The number of ether oxygens (including phenoxy) is 1. The standard InChI is InChI=1S/C21H17F5N4O3S/c22-12-1-2-13(23)18(7-12)34(31,32)30-5-6-33-21(30)3-4-29(11-19(21)26)20-10-27-16-8-14(24)15(25)9-17(16)28-20/h1-2,7-10,19H,3-6,11H2/t19-,21+/m1/s1. The lowest BCUT2D eigenvalue weighted by molar-refractivity contribution is -0.116. The van der Waals surface area contributed by atoms with Crippen molar-refractivity contribution in [3.63, 3.8) is 0 Å². The molecule has 1 spiro atoms. The van der Waals surface area contributed by atoms with Crippen molar-refractivity contribution in [2.24, 2.45) is 0 Å². The number of anilines is 1. The van der Waals surface area contributed by atoms with Crippen LogP contribution in [0.1, 0.15) is 6.42 Å². The van der Waals surface area contributed by atoms with E-state index in [9.17, 15) is 26.0 Å². The first-order valence-corrected chi connectivity index (χ1v) is 11.7. The van der Waals surface area contributed by atoms with Crippen molar-refractivity contribution < 1.29 is 35.1 Å². The van der Waals surface area contributed by atoms with Gasteiger partial charge in [0.1, 0.15) is 22.3 Å². The van der Waals surface area contributed by atoms with Gasteiger partial charge in [-0.15, -0.1) is 0 Å². The maximum absolute atomic E-state index is 15.6. The number of benzene rings is 2. The van der Waals surface area contributed by atoms with Gasteiger partial charge < -0.3 is 9.64 Å². The summed E-state index contributed by atoms with van der Waals surface area (Å²) >= 11 is 0. The first-order valence-electron chi connectivity index (χ1n) is 10.2. The molecule has 2 aliphatic heterocycles. The van der Waals surface area contributed by atoms with Crippen LogP contribution in [-0.4, -0.2) is 60.8 Å². The number of aromatic nitrogens is 2. The van der Waals surface area contributed by atoms with Crippen LogP contribution in [0, 0.1) is 23.3 Å². The molecule has 5 rings (SSSR count). The minimum atomic E-state index is -4.62. The summed E-state index contributed by atoms with van der Waals surface area (Å²) in [6.45, 7) is -0.653. The summed E-state index contributed by atoms with van der Waals surface area (Å²) < 4.78 is 103. The maximum Gasteiger partial charge on any atom is 0.248 e. The fourth-order valence-corrected chi connectivity index (χ4v) is 6.16. The molecule has 2 fully saturated rings. The molecule has 0 radical (unpaired) electrons. The Bertz CT molecular complexity index is 1390. The third-order valence-electron chi connectivity index (χ3n) is 6.04. The van der Waals surface area contributed by atoms with Gasteiger partial charge in [0.15, 0.2) is 23.5 Å². The predicted molar refractivity (Wildman–Crippen MR) is 110 cm³/mol. The summed E-state index contributed by atoms with van der Waals surface area (Å²) in [7, 11) is -4.62. The minimum Gasteiger partial charge on any atom is -0.355 e. The lowest BCUT2D eigenvalue weighted by Gasteiger charge is -2.45. The molecule has 7 nitrogen and oxygen atoms in total. The minimum absolute atomic E-state index is 0.0648. The first-order chi connectivity index (χ1) is 16.1. The van der Waals surface area contributed by atoms with Crippen molar-refractivity contribution >= 4 is 26.9 Å². The number of rotatable bonds is 3. The zero-order chi connectivity index (χ0) is 24.3. The van der Waals surface area contributed by atoms with Crippen LogP contribution in [0.2, 0.25) is 0 Å². The zero-order valence-electron chi connectivity index (χ0n) is 17.4. The molecule has 0 amide bonds. The van der Waals surface area contributed by atoms with Crippen molar-refractivity contribution in [1.82, 2.24) is 14.3 Å². The average molecular weight is 500 g/mol. The Morgan fingerprint density at radius 1 is 1.00 bits per heavy atom. The molecule has 0 aliphatic carbocycles. The SMILES string of the molecule is O=S(=O)(c1cc(F)ccc1F)N1CCO[C@]12CCN(c1cnc3cc(F)c(F)cc3n1)C[C@H]2F. The Morgan fingerprint density at radius 3 is 2.47 bits per heavy atom. The molecule has 2 saturated heterocycles. The normalized spacial score (nSPS) is 23.8. The van der Waals surface area contributed by atoms with Gasteiger partial charge in [-0.2, -0.15) is 4.31 Å². The Labute approximate surface area is 190 Å². The summed E-state index contributed by atoms with van der Waals surface area (Å²) in [5.41, 5.74) is -1.73. The van der Waals surface area contributed by atoms with E-state index in [1.807, 2.05) is 0 Å². The summed E-state index contributed by atoms with van der Waals surface area (Å²) in [6.07, 6.45) is -0.768. The number of alkyl halides is 1. The third-order valence-corrected chi connectivity index (χ3v) is 7.98. The van der Waals surface area contributed by atoms with E-state index < -0.39 is 50.1 Å². The lowest BCUT2D eigenvalue weighted by Crippen LogP contribution is -2.62. The molecule has 2 atom stereocenters. The molecule has 34 heavy (non-hydrogen) atoms. The molecule has 0 N–H and O–H groups in total. The fourth-order valence-electron chi connectivity index (χ4n) is 4.37. The Kier molecular flexibility index (Phi) is 5.45. The summed E-state index contributed by atoms with van der Waals surface area (Å²) in [6, 6.07) is 3.79. The number of fused-ring (bicyclic) bond motifs is 1. The third kappa shape index (κ3) is 3.58. The Balaban J connectivity index is 1.44. The van der Waals surface area contributed by atoms with Crippen LogP contribution in [0.25, 0.3) is 11.0 Å². The van der Waals surface area contributed by atoms with Crippen molar-refractivity contribution in [3.8, 4) is 0 Å². The number of sulfonamides is 1. The van der Waals surface area contributed by atoms with Crippen molar-refractivity contribution in [2.75, 3.05) is 31.1 Å². The van der Waals surface area contributed by atoms with Gasteiger partial charge in [-0.1, -0.05) is 0 Å². The highest BCUT2D eigenvalue weighted by Gasteiger charge is 2.57. The van der Waals surface area contributed by atoms with Crippen molar-refractivity contribution in [3.05, 3.63) is 59.8 Å². The second kappa shape index (κ2) is 8.10. The van der Waals surface area contributed by atoms with E-state index in [0.717, 1.165) is 22.5 Å². The zero-order valence-corrected chi connectivity index (χ0v) is 18.2. The maximum atomic E-state index is 15.6. The summed E-state index contributed by atoms with van der Waals surface area (Å²) in [5.74, 6) is -4.12. The second-order valence-electron chi connectivity index (χ2n) is 7.99. The van der Waals surface area contributed by atoms with E-state index in [4.69, 9.17) is 4.74 Å². The molecule has 2 aliphatic rings. The molecule has 0 saturated carbocycles. The van der Waals surface area contributed by atoms with Gasteiger partial charge in [0.05, 0.1) is 30.4 Å². The van der Waals surface area contributed by atoms with Gasteiger partial charge in [-0.05, 0) is 18.2 Å². The highest BCUT2D eigenvalue weighted by atomic mass is 32.2. The van der Waals surface area contributed by atoms with Crippen molar-refractivity contribution in [2.45, 2.75) is 23.2 Å². The highest BCUT2D eigenvalue weighted by molar-refractivity contribution is 7.89. The van der Waals surface area contributed by atoms with E-state index in [1.165, 1.54) is 11.1 Å². The van der Waals surface area contributed by atoms with Gasteiger partial charge in [0.25, 0.3) is 0 Å². The van der Waals surface area contributed by atoms with Crippen LogP contribution >= 0.6 is 0 Å². The van der Waals surface area contributed by atoms with E-state index >= 15 is 4.39 Å². The molecule has 0 unspecified atom stereocenters. The van der Waals surface area contributed by atoms with Gasteiger partial charge in [-0.25, -0.2) is 35.4 Å². The molecule has 1 aromatic heterocycles. The number of hydrogen-bond acceptors (Lipinski definition) is 6. The van der Waals surface area contributed by atoms with Crippen LogP contribution in [0.5, 0.6) is 0 Å². The summed E-state index contributed by atoms with van der Waals surface area (Å²) in [5, 5.41) is 0. The number of halogens is 5. The lowest BCUT2D eigenvalue weighted by atomic mass is 9.98. The number of hydrogen-bond donors (Lipinski definition) is 0. The molecular formula is C21H17F5N4O3S. The van der Waals surface area contributed by atoms with Crippen LogP contribution in [0.4, 0.5) is 27.8 Å². The topological polar surface area (TPSA) is 75.6 Å². The molecule has 3 heterocycles. The second-order valence-corrected chi connectivity index (χ2v) is 9.82. The van der Waals surface area contributed by atoms with Gasteiger partial charge >= 0.3 is 0 Å². The smallest absolute Gasteiger partial charge is 0.248 e. The van der Waals surface area contributed by atoms with Crippen LogP contribution < -0.4 is 4.90 Å². The van der Waals surface area contributed by atoms with Crippen LogP contribution in [-0.2, 0) is 14.8 Å². The fraction of sp³-hybridized carbons (Fsp3) is 0.333. The van der Waals surface area contributed by atoms with E-state index in [2.05, 4.69) is 9.97 Å². The first kappa shape index (κ1) is 22.9. The van der Waals surface area contributed by atoms with Gasteiger partial charge in [0.2, 0.25) is 10.0 Å². The van der Waals surface area contributed by atoms with Crippen LogP contribution in [0.15, 0.2) is 41.4 Å². The molecular weight excluding hydrogens is 483 g/mol. The monoisotopic (exact) mass is 500 g/mol. The van der Waals surface area contributed by atoms with Crippen molar-refractivity contribution in [1.29, 1.82) is 0 Å². The van der Waals surface area contributed by atoms with Gasteiger partial charge in [-0.3, -0.25) is 4.98 Å². The average Bonchev–Trinajstić information content (AvgIpc) is 3.23. The van der Waals surface area contributed by atoms with E-state index in [-0.39, 0.29) is 49.5 Å². The van der Waals surface area contributed by atoms with Crippen LogP contribution in [0.3, 0.4) is 0 Å². The largest absolute Gasteiger partial charge is 0.355 e. The number of nitrogens with zero attached hydrogens (tertiary/aromatic N) is 4. The predicted octanol–water partition coefficient (Wildman–Crippen LogP) is 3.15. The molecule has 180 valence electrons. The van der Waals surface area contributed by atoms with Gasteiger partial charge in [0, 0.05) is 31.6 Å². The molecule has 13 heteroatoms. The molecule has 2 aromatic carbocycles. The molecule has 0 bridgehead atoms. The summed E-state index contributed by atoms with van der Waals surface area (Å²) in [4.78, 5) is 8.82. The number of piperidine rings is 1. The molecule has 3 aromatic rings. The Hall–Kier alpha value is -2.90. The quantitative estimate of drug-likeness (QED) is 0.515.